The molecule has 152 valence electrons. The molecule has 8 heteroatoms. The van der Waals surface area contributed by atoms with Crippen LogP contribution in [0.5, 0.6) is 0 Å². The highest BCUT2D eigenvalue weighted by atomic mass is 19.1. The predicted molar refractivity (Wildman–Crippen MR) is 114 cm³/mol. The Morgan fingerprint density at radius 3 is 2.70 bits per heavy atom. The van der Waals surface area contributed by atoms with Crippen molar-refractivity contribution in [3.63, 3.8) is 0 Å². The number of amides is 2. The third kappa shape index (κ3) is 3.73. The Balaban J connectivity index is 1.40. The summed E-state index contributed by atoms with van der Waals surface area (Å²) in [7, 11) is 1.81. The molecule has 1 saturated heterocycles. The summed E-state index contributed by atoms with van der Waals surface area (Å²) in [6, 6.07) is 11.8. The van der Waals surface area contributed by atoms with E-state index < -0.39 is 17.5 Å². The Morgan fingerprint density at radius 1 is 1.17 bits per heavy atom. The smallest absolute Gasteiger partial charge is 0.295 e. The molecule has 0 radical (unpaired) electrons. The molecule has 2 heterocycles. The van der Waals surface area contributed by atoms with Crippen LogP contribution in [0.4, 0.5) is 4.39 Å². The highest BCUT2D eigenvalue weighted by Gasteiger charge is 2.32. The molecule has 2 aromatic carbocycles. The zero-order valence-electron chi connectivity index (χ0n) is 16.6. The van der Waals surface area contributed by atoms with Crippen molar-refractivity contribution in [1.82, 2.24) is 15.2 Å². The molecule has 1 fully saturated rings. The Hall–Kier alpha value is -3.42. The van der Waals surface area contributed by atoms with Crippen molar-refractivity contribution < 1.29 is 18.8 Å². The fourth-order valence-electron chi connectivity index (χ4n) is 3.90. The van der Waals surface area contributed by atoms with Gasteiger partial charge in [0.15, 0.2) is 0 Å². The van der Waals surface area contributed by atoms with E-state index in [9.17, 15) is 18.8 Å². The number of carbonyl (C=O) groups is 3. The van der Waals surface area contributed by atoms with Crippen molar-refractivity contribution in [3.8, 4) is 0 Å². The zero-order valence-corrected chi connectivity index (χ0v) is 16.6. The lowest BCUT2D eigenvalue weighted by atomic mass is 9.92. The van der Waals surface area contributed by atoms with Crippen molar-refractivity contribution in [2.45, 2.75) is 6.42 Å². The van der Waals surface area contributed by atoms with Gasteiger partial charge in [-0.05, 0) is 30.5 Å². The zero-order chi connectivity index (χ0) is 21.3. The molecule has 0 bridgehead atoms. The van der Waals surface area contributed by atoms with Crippen LogP contribution in [0.2, 0.25) is 0 Å². The number of nitrogens with one attached hydrogen (secondary N) is 2. The molecule has 1 atom stereocenters. The van der Waals surface area contributed by atoms with Gasteiger partial charge in [-0.25, -0.2) is 4.39 Å². The standard InChI is InChI=1S/C22H21BFN3O3/c23-16-6-7-17(24)18-15(11-25-19(16)18)20(28)22(30)27-9-8-13(12-27)10-26-21(29)14-4-2-1-3-5-14/h1-7,11,13,25H,8-10,12,23H2,(H,26,29)/t13-/m1/s1. The van der Waals surface area contributed by atoms with Gasteiger partial charge < -0.3 is 15.2 Å². The number of aromatic amines is 1. The number of aromatic nitrogens is 1. The molecular formula is C22H21BFN3O3. The van der Waals surface area contributed by atoms with Gasteiger partial charge in [0, 0.05) is 42.3 Å². The number of Topliss-reactive ketones (excluding diaryl/α,β-unsaturated/α-hetero) is 1. The molecule has 1 aromatic heterocycles. The van der Waals surface area contributed by atoms with Gasteiger partial charge in [0.25, 0.3) is 17.6 Å². The SMILES string of the molecule is Bc1ccc(F)c2c(C(=O)C(=O)N3CC[C@H](CNC(=O)c4ccccc4)C3)c[nH]c12. The molecule has 30 heavy (non-hydrogen) atoms. The third-order valence-electron chi connectivity index (χ3n) is 5.59. The first-order chi connectivity index (χ1) is 14.5. The molecule has 3 aromatic rings. The number of likely N-dealkylation sites (tertiary alicyclic amines) is 1. The minimum Gasteiger partial charge on any atom is -0.361 e. The normalized spacial score (nSPS) is 16.0. The number of fused-ring (bicyclic) bond motifs is 1. The minimum absolute atomic E-state index is 0.0528. The number of hydrogen-bond donors (Lipinski definition) is 2. The summed E-state index contributed by atoms with van der Waals surface area (Å²) in [5.41, 5.74) is 1.95. The van der Waals surface area contributed by atoms with Gasteiger partial charge in [-0.15, -0.1) is 0 Å². The van der Waals surface area contributed by atoms with Gasteiger partial charge in [0.1, 0.15) is 13.7 Å². The van der Waals surface area contributed by atoms with E-state index in [0.717, 1.165) is 5.46 Å². The Morgan fingerprint density at radius 2 is 1.93 bits per heavy atom. The molecule has 1 aliphatic rings. The largest absolute Gasteiger partial charge is 0.361 e. The van der Waals surface area contributed by atoms with Gasteiger partial charge in [-0.2, -0.15) is 0 Å². The van der Waals surface area contributed by atoms with Crippen LogP contribution in [0, 0.1) is 11.7 Å². The molecule has 0 aliphatic carbocycles. The third-order valence-corrected chi connectivity index (χ3v) is 5.59. The first-order valence-electron chi connectivity index (χ1n) is 9.88. The topological polar surface area (TPSA) is 82.3 Å². The van der Waals surface area contributed by atoms with Crippen molar-refractivity contribution in [1.29, 1.82) is 0 Å². The van der Waals surface area contributed by atoms with Gasteiger partial charge in [-0.3, -0.25) is 14.4 Å². The molecule has 0 spiro atoms. The van der Waals surface area contributed by atoms with Gasteiger partial charge in [-0.1, -0.05) is 29.7 Å². The van der Waals surface area contributed by atoms with Gasteiger partial charge in [0.2, 0.25) is 0 Å². The first kappa shape index (κ1) is 19.9. The molecule has 2 amide bonds. The molecule has 2 N–H and O–H groups in total. The van der Waals surface area contributed by atoms with E-state index in [1.165, 1.54) is 17.2 Å². The predicted octanol–water partition coefficient (Wildman–Crippen LogP) is 1.03. The number of hydrogen-bond acceptors (Lipinski definition) is 3. The maximum absolute atomic E-state index is 14.3. The average molecular weight is 405 g/mol. The van der Waals surface area contributed by atoms with Crippen LogP contribution in [0.3, 0.4) is 0 Å². The van der Waals surface area contributed by atoms with E-state index in [4.69, 9.17) is 0 Å². The summed E-state index contributed by atoms with van der Waals surface area (Å²) in [6.07, 6.45) is 2.09. The number of halogens is 1. The van der Waals surface area contributed by atoms with E-state index in [1.54, 1.807) is 30.3 Å². The highest BCUT2D eigenvalue weighted by molar-refractivity contribution is 6.46. The highest BCUT2D eigenvalue weighted by Crippen LogP contribution is 2.23. The Bertz CT molecular complexity index is 1130. The number of H-pyrrole nitrogens is 1. The molecule has 1 aliphatic heterocycles. The summed E-state index contributed by atoms with van der Waals surface area (Å²) < 4.78 is 14.3. The summed E-state index contributed by atoms with van der Waals surface area (Å²) in [5, 5.41) is 3.03. The average Bonchev–Trinajstić information content (AvgIpc) is 3.42. The molecule has 0 saturated carbocycles. The number of benzene rings is 2. The van der Waals surface area contributed by atoms with Gasteiger partial charge in [0.05, 0.1) is 5.56 Å². The summed E-state index contributed by atoms with van der Waals surface area (Å²) >= 11 is 0. The van der Waals surface area contributed by atoms with Crippen LogP contribution in [0.15, 0.2) is 48.7 Å². The van der Waals surface area contributed by atoms with Gasteiger partial charge >= 0.3 is 0 Å². The van der Waals surface area contributed by atoms with E-state index in [1.807, 2.05) is 13.9 Å². The van der Waals surface area contributed by atoms with Crippen LogP contribution >= 0.6 is 0 Å². The fraction of sp³-hybridized carbons (Fsp3) is 0.227. The van der Waals surface area contributed by atoms with E-state index in [2.05, 4.69) is 10.3 Å². The first-order valence-corrected chi connectivity index (χ1v) is 9.88. The fourth-order valence-corrected chi connectivity index (χ4v) is 3.90. The van der Waals surface area contributed by atoms with Crippen LogP contribution in [-0.4, -0.2) is 55.0 Å². The quantitative estimate of drug-likeness (QED) is 0.378. The summed E-state index contributed by atoms with van der Waals surface area (Å²) in [5.74, 6) is -2.00. The molecule has 4 rings (SSSR count). The molecule has 0 unspecified atom stereocenters. The number of carbonyl (C=O) groups excluding carboxylic acids is 3. The van der Waals surface area contributed by atoms with Crippen LogP contribution < -0.4 is 10.8 Å². The second-order valence-corrected chi connectivity index (χ2v) is 7.63. The molecular weight excluding hydrogens is 384 g/mol. The monoisotopic (exact) mass is 405 g/mol. The summed E-state index contributed by atoms with van der Waals surface area (Å²) in [4.78, 5) is 42.1. The Labute approximate surface area is 173 Å². The van der Waals surface area contributed by atoms with E-state index in [0.29, 0.717) is 37.1 Å². The number of ketones is 1. The van der Waals surface area contributed by atoms with Crippen molar-refractivity contribution in [2.24, 2.45) is 5.92 Å². The lowest BCUT2D eigenvalue weighted by Gasteiger charge is -2.16. The van der Waals surface area contributed by atoms with E-state index in [-0.39, 0.29) is 22.8 Å². The van der Waals surface area contributed by atoms with Crippen molar-refractivity contribution >= 4 is 41.8 Å². The number of nitrogens with zero attached hydrogens (tertiary/aromatic N) is 1. The van der Waals surface area contributed by atoms with Crippen molar-refractivity contribution in [2.75, 3.05) is 19.6 Å². The maximum Gasteiger partial charge on any atom is 0.295 e. The Kier molecular flexibility index (Phi) is 5.39. The van der Waals surface area contributed by atoms with Crippen LogP contribution in [0.1, 0.15) is 27.1 Å². The lowest BCUT2D eigenvalue weighted by Crippen LogP contribution is -2.36. The van der Waals surface area contributed by atoms with Crippen LogP contribution in [0.25, 0.3) is 10.9 Å². The molecule has 6 nitrogen and oxygen atoms in total. The minimum atomic E-state index is -0.722. The number of rotatable bonds is 5. The maximum atomic E-state index is 14.3. The summed E-state index contributed by atoms with van der Waals surface area (Å²) in [6.45, 7) is 1.23. The second kappa shape index (κ2) is 8.14. The van der Waals surface area contributed by atoms with E-state index >= 15 is 0 Å². The second-order valence-electron chi connectivity index (χ2n) is 7.63. The lowest BCUT2D eigenvalue weighted by molar-refractivity contribution is -0.125. The van der Waals surface area contributed by atoms with Crippen molar-refractivity contribution in [3.05, 3.63) is 65.6 Å². The van der Waals surface area contributed by atoms with Crippen LogP contribution in [-0.2, 0) is 4.79 Å².